The zero-order valence-electron chi connectivity index (χ0n) is 15.1. The van der Waals surface area contributed by atoms with E-state index in [4.69, 9.17) is 5.73 Å². The number of nitrogens with zero attached hydrogens (tertiary/aromatic N) is 2. The molecular formula is C21H25IN4. The second kappa shape index (κ2) is 9.52. The molecule has 136 valence electrons. The molecule has 3 N–H and O–H groups in total. The van der Waals surface area contributed by atoms with Gasteiger partial charge in [0.1, 0.15) is 0 Å². The molecule has 0 saturated carbocycles. The maximum atomic E-state index is 6.03. The third kappa shape index (κ3) is 4.94. The SMILES string of the molecule is CCC(C)c1ccc(NC(N)=NCc2nccc3ccccc23)cc1.I. The predicted octanol–water partition coefficient (Wildman–Crippen LogP) is 5.29. The summed E-state index contributed by atoms with van der Waals surface area (Å²) in [5.41, 5.74) is 9.24. The van der Waals surface area contributed by atoms with Crippen LogP contribution in [0.4, 0.5) is 5.69 Å². The lowest BCUT2D eigenvalue weighted by atomic mass is 9.99. The van der Waals surface area contributed by atoms with Gasteiger partial charge in [-0.2, -0.15) is 0 Å². The smallest absolute Gasteiger partial charge is 0.193 e. The van der Waals surface area contributed by atoms with Crippen molar-refractivity contribution >= 4 is 46.4 Å². The molecule has 0 bridgehead atoms. The van der Waals surface area contributed by atoms with E-state index in [0.29, 0.717) is 18.4 Å². The van der Waals surface area contributed by atoms with Crippen LogP contribution in [0.2, 0.25) is 0 Å². The summed E-state index contributed by atoms with van der Waals surface area (Å²) in [5, 5.41) is 5.42. The highest BCUT2D eigenvalue weighted by Crippen LogP contribution is 2.20. The number of guanidine groups is 1. The van der Waals surface area contributed by atoms with Crippen molar-refractivity contribution < 1.29 is 0 Å². The quantitative estimate of drug-likeness (QED) is 0.309. The highest BCUT2D eigenvalue weighted by Gasteiger charge is 2.04. The van der Waals surface area contributed by atoms with Crippen molar-refractivity contribution in [3.8, 4) is 0 Å². The molecule has 0 saturated heterocycles. The van der Waals surface area contributed by atoms with Crippen molar-refractivity contribution in [2.24, 2.45) is 10.7 Å². The first-order chi connectivity index (χ1) is 12.2. The first-order valence-corrected chi connectivity index (χ1v) is 8.67. The fourth-order valence-corrected chi connectivity index (χ4v) is 2.79. The van der Waals surface area contributed by atoms with Crippen LogP contribution >= 0.6 is 24.0 Å². The molecule has 0 spiro atoms. The van der Waals surface area contributed by atoms with Crippen LogP contribution in [-0.2, 0) is 6.54 Å². The average Bonchev–Trinajstić information content (AvgIpc) is 2.66. The molecule has 1 aromatic heterocycles. The Bertz CT molecular complexity index is 869. The summed E-state index contributed by atoms with van der Waals surface area (Å²) in [6, 6.07) is 18.5. The van der Waals surface area contributed by atoms with Gasteiger partial charge in [-0.05, 0) is 41.5 Å². The van der Waals surface area contributed by atoms with Gasteiger partial charge in [0.25, 0.3) is 0 Å². The molecule has 0 amide bonds. The van der Waals surface area contributed by atoms with E-state index in [-0.39, 0.29) is 24.0 Å². The second-order valence-electron chi connectivity index (χ2n) is 6.24. The van der Waals surface area contributed by atoms with Gasteiger partial charge in [0, 0.05) is 17.3 Å². The summed E-state index contributed by atoms with van der Waals surface area (Å²) in [6.45, 7) is 4.88. The van der Waals surface area contributed by atoms with Gasteiger partial charge < -0.3 is 11.1 Å². The van der Waals surface area contributed by atoms with E-state index in [9.17, 15) is 0 Å². The fraction of sp³-hybridized carbons (Fsp3) is 0.238. The Kier molecular flexibility index (Phi) is 7.38. The molecular weight excluding hydrogens is 435 g/mol. The Labute approximate surface area is 172 Å². The average molecular weight is 460 g/mol. The van der Waals surface area contributed by atoms with Gasteiger partial charge in [-0.25, -0.2) is 4.99 Å². The maximum Gasteiger partial charge on any atom is 0.193 e. The van der Waals surface area contributed by atoms with Gasteiger partial charge >= 0.3 is 0 Å². The lowest BCUT2D eigenvalue weighted by Crippen LogP contribution is -2.22. The zero-order chi connectivity index (χ0) is 17.6. The number of anilines is 1. The second-order valence-corrected chi connectivity index (χ2v) is 6.24. The number of aromatic nitrogens is 1. The van der Waals surface area contributed by atoms with E-state index in [1.165, 1.54) is 5.56 Å². The van der Waals surface area contributed by atoms with Crippen molar-refractivity contribution in [2.75, 3.05) is 5.32 Å². The van der Waals surface area contributed by atoms with E-state index in [1.807, 2.05) is 36.5 Å². The molecule has 26 heavy (non-hydrogen) atoms. The Morgan fingerprint density at radius 1 is 1.12 bits per heavy atom. The van der Waals surface area contributed by atoms with Crippen LogP contribution in [0, 0.1) is 0 Å². The third-order valence-corrected chi connectivity index (χ3v) is 4.52. The minimum atomic E-state index is 0. The monoisotopic (exact) mass is 460 g/mol. The summed E-state index contributed by atoms with van der Waals surface area (Å²) in [6.07, 6.45) is 2.94. The molecule has 0 aliphatic carbocycles. The highest BCUT2D eigenvalue weighted by atomic mass is 127. The zero-order valence-corrected chi connectivity index (χ0v) is 17.5. The van der Waals surface area contributed by atoms with Crippen LogP contribution in [0.25, 0.3) is 10.8 Å². The summed E-state index contributed by atoms with van der Waals surface area (Å²) in [4.78, 5) is 8.87. The molecule has 1 unspecified atom stereocenters. The van der Waals surface area contributed by atoms with Crippen molar-refractivity contribution in [1.29, 1.82) is 0 Å². The normalized spacial score (nSPS) is 12.5. The number of hydrogen-bond acceptors (Lipinski definition) is 2. The number of nitrogens with one attached hydrogen (secondary N) is 1. The van der Waals surface area contributed by atoms with E-state index in [0.717, 1.165) is 28.6 Å². The van der Waals surface area contributed by atoms with Crippen molar-refractivity contribution in [1.82, 2.24) is 4.98 Å². The molecule has 0 aliphatic rings. The third-order valence-electron chi connectivity index (χ3n) is 4.52. The number of pyridine rings is 1. The topological polar surface area (TPSA) is 63.3 Å². The predicted molar refractivity (Wildman–Crippen MR) is 121 cm³/mol. The van der Waals surface area contributed by atoms with Crippen molar-refractivity contribution in [3.63, 3.8) is 0 Å². The Morgan fingerprint density at radius 3 is 2.58 bits per heavy atom. The van der Waals surface area contributed by atoms with Gasteiger partial charge in [-0.15, -0.1) is 24.0 Å². The van der Waals surface area contributed by atoms with Gasteiger partial charge in [0.15, 0.2) is 5.96 Å². The number of nitrogens with two attached hydrogens (primary N) is 1. The number of hydrogen-bond donors (Lipinski definition) is 2. The van der Waals surface area contributed by atoms with E-state index in [2.05, 4.69) is 53.4 Å². The minimum Gasteiger partial charge on any atom is -0.370 e. The van der Waals surface area contributed by atoms with E-state index >= 15 is 0 Å². The van der Waals surface area contributed by atoms with Gasteiger partial charge in [-0.1, -0.05) is 50.2 Å². The van der Waals surface area contributed by atoms with Gasteiger partial charge in [0.05, 0.1) is 12.2 Å². The van der Waals surface area contributed by atoms with Crippen LogP contribution in [0.3, 0.4) is 0 Å². The molecule has 3 rings (SSSR count). The Hall–Kier alpha value is -2.15. The lowest BCUT2D eigenvalue weighted by molar-refractivity contribution is 0.734. The summed E-state index contributed by atoms with van der Waals surface area (Å²) < 4.78 is 0. The number of aliphatic imine (C=N–C) groups is 1. The van der Waals surface area contributed by atoms with Crippen LogP contribution in [0.5, 0.6) is 0 Å². The van der Waals surface area contributed by atoms with Crippen LogP contribution in [-0.4, -0.2) is 10.9 Å². The van der Waals surface area contributed by atoms with Crippen molar-refractivity contribution in [3.05, 3.63) is 72.1 Å². The largest absolute Gasteiger partial charge is 0.370 e. The maximum absolute atomic E-state index is 6.03. The van der Waals surface area contributed by atoms with Gasteiger partial charge in [0.2, 0.25) is 0 Å². The molecule has 4 nitrogen and oxygen atoms in total. The molecule has 0 aliphatic heterocycles. The van der Waals surface area contributed by atoms with Crippen molar-refractivity contribution in [2.45, 2.75) is 32.7 Å². The van der Waals surface area contributed by atoms with Crippen LogP contribution < -0.4 is 11.1 Å². The number of fused-ring (bicyclic) bond motifs is 1. The summed E-state index contributed by atoms with van der Waals surface area (Å²) in [7, 11) is 0. The molecule has 5 heteroatoms. The molecule has 0 fully saturated rings. The Morgan fingerprint density at radius 2 is 1.85 bits per heavy atom. The molecule has 0 radical (unpaired) electrons. The molecule has 2 aromatic carbocycles. The van der Waals surface area contributed by atoms with E-state index < -0.39 is 0 Å². The minimum absolute atomic E-state index is 0. The van der Waals surface area contributed by atoms with Crippen LogP contribution in [0.1, 0.15) is 37.4 Å². The molecule has 3 aromatic rings. The van der Waals surface area contributed by atoms with Crippen LogP contribution in [0.15, 0.2) is 65.8 Å². The number of halogens is 1. The molecule has 1 atom stereocenters. The first kappa shape index (κ1) is 20.2. The summed E-state index contributed by atoms with van der Waals surface area (Å²) >= 11 is 0. The Balaban J connectivity index is 0.00000243. The highest BCUT2D eigenvalue weighted by molar-refractivity contribution is 14.0. The van der Waals surface area contributed by atoms with Gasteiger partial charge in [-0.3, -0.25) is 4.98 Å². The fourth-order valence-electron chi connectivity index (χ4n) is 2.79. The lowest BCUT2D eigenvalue weighted by Gasteiger charge is -2.11. The standard InChI is InChI=1S/C21H24N4.HI/c1-3-15(2)16-8-10-18(11-9-16)25-21(22)24-14-20-19-7-5-4-6-17(19)12-13-23-20;/h4-13,15H,3,14H2,1-2H3,(H3,22,24,25);1H. The summed E-state index contributed by atoms with van der Waals surface area (Å²) in [5.74, 6) is 0.962. The van der Waals surface area contributed by atoms with E-state index in [1.54, 1.807) is 0 Å². The first-order valence-electron chi connectivity index (χ1n) is 8.67. The number of rotatable bonds is 5. The molecule has 1 heterocycles. The number of benzene rings is 2.